The molecule has 0 unspecified atom stereocenters. The predicted octanol–water partition coefficient (Wildman–Crippen LogP) is 5.01. The highest BCUT2D eigenvalue weighted by Gasteiger charge is 2.35. The molecule has 1 heterocycles. The molecule has 3 amide bonds. The first-order chi connectivity index (χ1) is 15.5. The Kier molecular flexibility index (Phi) is 6.95. The zero-order valence-electron chi connectivity index (χ0n) is 18.1. The van der Waals surface area contributed by atoms with Gasteiger partial charge in [0.1, 0.15) is 6.54 Å². The molecule has 3 aromatic rings. The van der Waals surface area contributed by atoms with Gasteiger partial charge in [0, 0.05) is 36.0 Å². The van der Waals surface area contributed by atoms with E-state index in [1.54, 1.807) is 4.90 Å². The minimum Gasteiger partial charge on any atom is -0.353 e. The molecular formula is C25H27BrN4O2. The van der Waals surface area contributed by atoms with E-state index in [4.69, 9.17) is 0 Å². The van der Waals surface area contributed by atoms with Crippen LogP contribution in [0.1, 0.15) is 24.1 Å². The van der Waals surface area contributed by atoms with Crippen LogP contribution in [-0.4, -0.2) is 38.9 Å². The average Bonchev–Trinajstić information content (AvgIpc) is 3.55. The Balaban J connectivity index is 1.50. The van der Waals surface area contributed by atoms with Crippen LogP contribution in [0.2, 0.25) is 0 Å². The van der Waals surface area contributed by atoms with Crippen LogP contribution in [0, 0.1) is 0 Å². The van der Waals surface area contributed by atoms with Gasteiger partial charge in [-0.15, -0.1) is 0 Å². The van der Waals surface area contributed by atoms with E-state index in [2.05, 4.69) is 21.2 Å². The Morgan fingerprint density at radius 1 is 1.00 bits per heavy atom. The van der Waals surface area contributed by atoms with E-state index in [-0.39, 0.29) is 24.5 Å². The van der Waals surface area contributed by atoms with E-state index in [1.165, 1.54) is 0 Å². The second kappa shape index (κ2) is 10.0. The lowest BCUT2D eigenvalue weighted by molar-refractivity contribution is -0.133. The van der Waals surface area contributed by atoms with Crippen LogP contribution in [0.3, 0.4) is 0 Å². The maximum Gasteiger partial charge on any atom is 0.322 e. The van der Waals surface area contributed by atoms with Crippen molar-refractivity contribution in [3.63, 3.8) is 0 Å². The monoisotopic (exact) mass is 494 g/mol. The van der Waals surface area contributed by atoms with Crippen LogP contribution in [-0.2, 0) is 24.9 Å². The molecule has 32 heavy (non-hydrogen) atoms. The number of amides is 3. The van der Waals surface area contributed by atoms with Crippen molar-refractivity contribution in [2.45, 2.75) is 32.0 Å². The van der Waals surface area contributed by atoms with Gasteiger partial charge in [-0.3, -0.25) is 4.79 Å². The highest BCUT2D eigenvalue weighted by atomic mass is 79.9. The van der Waals surface area contributed by atoms with Gasteiger partial charge >= 0.3 is 6.03 Å². The van der Waals surface area contributed by atoms with Gasteiger partial charge in [-0.1, -0.05) is 42.5 Å². The summed E-state index contributed by atoms with van der Waals surface area (Å²) in [5, 5.41) is 2.95. The zero-order valence-corrected chi connectivity index (χ0v) is 19.7. The number of benzene rings is 2. The van der Waals surface area contributed by atoms with Crippen LogP contribution in [0.15, 0.2) is 77.4 Å². The molecule has 0 aliphatic heterocycles. The molecule has 1 aromatic heterocycles. The van der Waals surface area contributed by atoms with Gasteiger partial charge in [-0.05, 0) is 58.6 Å². The molecule has 7 heteroatoms. The van der Waals surface area contributed by atoms with Crippen LogP contribution in [0.4, 0.5) is 10.5 Å². The largest absolute Gasteiger partial charge is 0.353 e. The van der Waals surface area contributed by atoms with E-state index in [1.807, 2.05) is 89.4 Å². The first kappa shape index (κ1) is 22.1. The smallest absolute Gasteiger partial charge is 0.322 e. The Morgan fingerprint density at radius 2 is 1.72 bits per heavy atom. The highest BCUT2D eigenvalue weighted by molar-refractivity contribution is 9.10. The molecule has 166 valence electrons. The standard InChI is InChI=1S/C25H27BrN4O2/c1-28-15-7-10-21(28)17-29(16-19-8-3-2-4-9-19)24(31)18-30(20-13-14-20)25(32)27-23-12-6-5-11-22(23)26/h2-12,15,20H,13-14,16-18H2,1H3,(H,27,32). The summed E-state index contributed by atoms with van der Waals surface area (Å²) in [7, 11) is 1.97. The lowest BCUT2D eigenvalue weighted by Gasteiger charge is -2.28. The number of nitrogens with zero attached hydrogens (tertiary/aromatic N) is 3. The van der Waals surface area contributed by atoms with E-state index < -0.39 is 0 Å². The Hall–Kier alpha value is -3.06. The average molecular weight is 495 g/mol. The summed E-state index contributed by atoms with van der Waals surface area (Å²) in [6, 6.07) is 21.3. The van der Waals surface area contributed by atoms with Gasteiger partial charge < -0.3 is 19.7 Å². The lowest BCUT2D eigenvalue weighted by atomic mass is 10.2. The predicted molar refractivity (Wildman–Crippen MR) is 129 cm³/mol. The molecule has 0 atom stereocenters. The third-order valence-corrected chi connectivity index (χ3v) is 6.33. The number of nitrogens with one attached hydrogen (secondary N) is 1. The summed E-state index contributed by atoms with van der Waals surface area (Å²) < 4.78 is 2.83. The lowest BCUT2D eigenvalue weighted by Crippen LogP contribution is -2.45. The molecular weight excluding hydrogens is 468 g/mol. The quantitative estimate of drug-likeness (QED) is 0.478. The molecule has 1 N–H and O–H groups in total. The number of rotatable bonds is 8. The van der Waals surface area contributed by atoms with E-state index in [0.29, 0.717) is 18.8 Å². The first-order valence-corrected chi connectivity index (χ1v) is 11.5. The van der Waals surface area contributed by atoms with Gasteiger partial charge in [0.25, 0.3) is 0 Å². The van der Waals surface area contributed by atoms with Gasteiger partial charge in [-0.25, -0.2) is 4.79 Å². The number of aryl methyl sites for hydroxylation is 1. The van der Waals surface area contributed by atoms with Gasteiger partial charge in [0.05, 0.1) is 12.2 Å². The molecule has 1 saturated carbocycles. The molecule has 1 aliphatic rings. The minimum absolute atomic E-state index is 0.0538. The normalized spacial score (nSPS) is 12.9. The Morgan fingerprint density at radius 3 is 2.38 bits per heavy atom. The van der Waals surface area contributed by atoms with Crippen LogP contribution in [0.5, 0.6) is 0 Å². The number of urea groups is 1. The van der Waals surface area contributed by atoms with Gasteiger partial charge in [0.15, 0.2) is 0 Å². The number of hydrogen-bond acceptors (Lipinski definition) is 2. The third-order valence-electron chi connectivity index (χ3n) is 5.64. The first-order valence-electron chi connectivity index (χ1n) is 10.8. The minimum atomic E-state index is -0.244. The molecule has 4 rings (SSSR count). The summed E-state index contributed by atoms with van der Waals surface area (Å²) in [5.74, 6) is -0.0655. The number of halogens is 1. The molecule has 1 aliphatic carbocycles. The fraction of sp³-hybridized carbons (Fsp3) is 0.280. The second-order valence-electron chi connectivity index (χ2n) is 8.11. The topological polar surface area (TPSA) is 57.6 Å². The van der Waals surface area contributed by atoms with Crippen molar-refractivity contribution in [2.24, 2.45) is 7.05 Å². The number of anilines is 1. The zero-order chi connectivity index (χ0) is 22.5. The summed E-state index contributed by atoms with van der Waals surface area (Å²) >= 11 is 3.47. The number of hydrogen-bond donors (Lipinski definition) is 1. The third kappa shape index (κ3) is 5.59. The van der Waals surface area contributed by atoms with Crippen molar-refractivity contribution in [1.29, 1.82) is 0 Å². The van der Waals surface area contributed by atoms with Gasteiger partial charge in [-0.2, -0.15) is 0 Å². The number of carbonyl (C=O) groups is 2. The van der Waals surface area contributed by atoms with Crippen molar-refractivity contribution in [1.82, 2.24) is 14.4 Å². The van der Waals surface area contributed by atoms with E-state index >= 15 is 0 Å². The van der Waals surface area contributed by atoms with E-state index in [9.17, 15) is 9.59 Å². The second-order valence-corrected chi connectivity index (χ2v) is 8.97. The van der Waals surface area contributed by atoms with Crippen molar-refractivity contribution in [2.75, 3.05) is 11.9 Å². The Bertz CT molecular complexity index is 1080. The molecule has 0 saturated heterocycles. The highest BCUT2D eigenvalue weighted by Crippen LogP contribution is 2.29. The summed E-state index contributed by atoms with van der Waals surface area (Å²) in [5.41, 5.74) is 2.80. The van der Waals surface area contributed by atoms with Gasteiger partial charge in [0.2, 0.25) is 5.91 Å². The fourth-order valence-electron chi connectivity index (χ4n) is 3.64. The van der Waals surface area contributed by atoms with Crippen molar-refractivity contribution >= 4 is 33.6 Å². The molecule has 0 bridgehead atoms. The summed E-state index contributed by atoms with van der Waals surface area (Å²) in [6.07, 6.45) is 3.82. The number of aromatic nitrogens is 1. The molecule has 1 fully saturated rings. The molecule has 0 spiro atoms. The fourth-order valence-corrected chi connectivity index (χ4v) is 4.02. The van der Waals surface area contributed by atoms with Crippen LogP contribution in [0.25, 0.3) is 0 Å². The van der Waals surface area contributed by atoms with Crippen molar-refractivity contribution < 1.29 is 9.59 Å². The van der Waals surface area contributed by atoms with Crippen molar-refractivity contribution in [3.8, 4) is 0 Å². The summed E-state index contributed by atoms with van der Waals surface area (Å²) in [6.45, 7) is 1.04. The number of carbonyl (C=O) groups excluding carboxylic acids is 2. The van der Waals surface area contributed by atoms with Crippen molar-refractivity contribution in [3.05, 3.63) is 88.7 Å². The molecule has 0 radical (unpaired) electrons. The van der Waals surface area contributed by atoms with Crippen LogP contribution >= 0.6 is 15.9 Å². The maximum atomic E-state index is 13.4. The molecule has 6 nitrogen and oxygen atoms in total. The van der Waals surface area contributed by atoms with E-state index in [0.717, 1.165) is 28.6 Å². The Labute approximate surface area is 197 Å². The van der Waals surface area contributed by atoms with Crippen LogP contribution < -0.4 is 5.32 Å². The molecule has 2 aromatic carbocycles. The SMILES string of the molecule is Cn1cccc1CN(Cc1ccccc1)C(=O)CN(C(=O)Nc1ccccc1Br)C1CC1. The summed E-state index contributed by atoms with van der Waals surface area (Å²) in [4.78, 5) is 30.0. The maximum absolute atomic E-state index is 13.4. The number of para-hydroxylation sites is 1.